The molecule has 0 amide bonds. The zero-order chi connectivity index (χ0) is 9.07. The van der Waals surface area contributed by atoms with Gasteiger partial charge in [-0.05, 0) is 13.0 Å². The molecule has 2 nitrogen and oxygen atoms in total. The molecule has 2 heteroatoms. The summed E-state index contributed by atoms with van der Waals surface area (Å²) in [4.78, 5) is 0. The minimum atomic E-state index is 1.53. The molecule has 0 aliphatic carbocycles. The highest BCUT2D eigenvalue weighted by Crippen LogP contribution is 1.80. The van der Waals surface area contributed by atoms with Crippen LogP contribution in [0.3, 0.4) is 0 Å². The fraction of sp³-hybridized carbons (Fsp3) is 0.100. The normalized spacial score (nSPS) is 13.8. The molecule has 64 valence electrons. The summed E-state index contributed by atoms with van der Waals surface area (Å²) in [6.07, 6.45) is 16.8. The molecule has 0 atom stereocenters. The van der Waals surface area contributed by atoms with Gasteiger partial charge in [0.25, 0.3) is 0 Å². The first-order chi connectivity index (χ1) is 5.91. The number of allylic oxidation sites excluding steroid dienone is 8. The third-order valence-corrected chi connectivity index (χ3v) is 1.03. The van der Waals surface area contributed by atoms with Crippen LogP contribution in [0.25, 0.3) is 0 Å². The predicted molar refractivity (Wildman–Crippen MR) is 54.9 cm³/mol. The Bertz CT molecular complexity index is 196. The molecule has 0 aromatic heterocycles. The van der Waals surface area contributed by atoms with Gasteiger partial charge in [-0.1, -0.05) is 42.5 Å². The van der Waals surface area contributed by atoms with Crippen LogP contribution < -0.4 is 5.84 Å². The van der Waals surface area contributed by atoms with Crippen LogP contribution in [0, 0.1) is 0 Å². The number of hydrogen-bond acceptors (Lipinski definition) is 2. The van der Waals surface area contributed by atoms with Crippen LogP contribution in [0.1, 0.15) is 6.92 Å². The van der Waals surface area contributed by atoms with Crippen LogP contribution in [-0.4, -0.2) is 6.21 Å². The van der Waals surface area contributed by atoms with Gasteiger partial charge in [-0.25, -0.2) is 0 Å². The van der Waals surface area contributed by atoms with Crippen LogP contribution in [0.2, 0.25) is 0 Å². The second kappa shape index (κ2) is 9.43. The van der Waals surface area contributed by atoms with Gasteiger partial charge < -0.3 is 5.84 Å². The fourth-order valence-electron chi connectivity index (χ4n) is 0.531. The lowest BCUT2D eigenvalue weighted by Crippen LogP contribution is -1.76. The molecule has 0 saturated heterocycles. The van der Waals surface area contributed by atoms with E-state index in [1.807, 2.05) is 49.5 Å². The molecule has 12 heavy (non-hydrogen) atoms. The average Bonchev–Trinajstić information content (AvgIpc) is 2.10. The van der Waals surface area contributed by atoms with Crippen LogP contribution in [0.5, 0.6) is 0 Å². The molecule has 2 N–H and O–H groups in total. The molecule has 0 radical (unpaired) electrons. The molecule has 0 unspecified atom stereocenters. The summed E-state index contributed by atoms with van der Waals surface area (Å²) in [5.74, 6) is 4.88. The zero-order valence-electron chi connectivity index (χ0n) is 7.22. The fourth-order valence-corrected chi connectivity index (χ4v) is 0.531. The summed E-state index contributed by atoms with van der Waals surface area (Å²) in [6, 6.07) is 0. The van der Waals surface area contributed by atoms with Crippen molar-refractivity contribution in [2.24, 2.45) is 10.9 Å². The van der Waals surface area contributed by atoms with Gasteiger partial charge in [0, 0.05) is 6.21 Å². The van der Waals surface area contributed by atoms with E-state index in [0.717, 1.165) is 0 Å². The van der Waals surface area contributed by atoms with Crippen molar-refractivity contribution >= 4 is 6.21 Å². The highest BCUT2D eigenvalue weighted by Gasteiger charge is 1.61. The molecular formula is C10H14N2. The highest BCUT2D eigenvalue weighted by molar-refractivity contribution is 5.71. The number of hydrazone groups is 1. The number of hydrogen-bond donors (Lipinski definition) is 1. The Morgan fingerprint density at radius 3 is 1.83 bits per heavy atom. The monoisotopic (exact) mass is 162 g/mol. The van der Waals surface area contributed by atoms with Crippen LogP contribution >= 0.6 is 0 Å². The van der Waals surface area contributed by atoms with Gasteiger partial charge in [-0.3, -0.25) is 0 Å². The number of nitrogens with two attached hydrogens (primary N) is 1. The van der Waals surface area contributed by atoms with Crippen molar-refractivity contribution in [2.75, 3.05) is 0 Å². The Labute approximate surface area is 73.5 Å². The molecule has 0 aliphatic rings. The maximum atomic E-state index is 4.88. The van der Waals surface area contributed by atoms with E-state index < -0.39 is 0 Å². The Kier molecular flexibility index (Phi) is 8.20. The van der Waals surface area contributed by atoms with Crippen molar-refractivity contribution < 1.29 is 0 Å². The first-order valence-electron chi connectivity index (χ1n) is 3.76. The summed E-state index contributed by atoms with van der Waals surface area (Å²) >= 11 is 0. The largest absolute Gasteiger partial charge is 0.323 e. The van der Waals surface area contributed by atoms with Crippen LogP contribution in [0.15, 0.2) is 53.7 Å². The standard InChI is InChI=1S/C10H14N2/c1-2-3-4-5-6-7-8-9-10-12-11/h2-10H,11H2,1H3. The van der Waals surface area contributed by atoms with E-state index in [-0.39, 0.29) is 0 Å². The van der Waals surface area contributed by atoms with Crippen molar-refractivity contribution in [2.45, 2.75) is 6.92 Å². The summed E-state index contributed by atoms with van der Waals surface area (Å²) < 4.78 is 0. The SMILES string of the molecule is CC=CC=CC=CC=CC=NN. The molecule has 0 saturated carbocycles. The van der Waals surface area contributed by atoms with E-state index in [1.54, 1.807) is 6.08 Å². The van der Waals surface area contributed by atoms with Crippen LogP contribution in [0.4, 0.5) is 0 Å². The average molecular weight is 162 g/mol. The van der Waals surface area contributed by atoms with Crippen molar-refractivity contribution in [1.29, 1.82) is 0 Å². The topological polar surface area (TPSA) is 38.4 Å². The van der Waals surface area contributed by atoms with Gasteiger partial charge in [0.2, 0.25) is 0 Å². The van der Waals surface area contributed by atoms with Crippen molar-refractivity contribution in [3.63, 3.8) is 0 Å². The minimum Gasteiger partial charge on any atom is -0.323 e. The first-order valence-corrected chi connectivity index (χ1v) is 3.76. The lowest BCUT2D eigenvalue weighted by atomic mass is 10.4. The van der Waals surface area contributed by atoms with Crippen molar-refractivity contribution in [3.05, 3.63) is 48.6 Å². The van der Waals surface area contributed by atoms with Crippen molar-refractivity contribution in [3.8, 4) is 0 Å². The predicted octanol–water partition coefficient (Wildman–Crippen LogP) is 2.18. The van der Waals surface area contributed by atoms with Gasteiger partial charge in [0.15, 0.2) is 0 Å². The molecule has 0 bridgehead atoms. The van der Waals surface area contributed by atoms with E-state index in [4.69, 9.17) is 5.84 Å². The summed E-state index contributed by atoms with van der Waals surface area (Å²) in [5.41, 5.74) is 0. The Morgan fingerprint density at radius 2 is 1.33 bits per heavy atom. The summed E-state index contributed by atoms with van der Waals surface area (Å²) in [7, 11) is 0. The Hall–Kier alpha value is -1.57. The van der Waals surface area contributed by atoms with E-state index >= 15 is 0 Å². The summed E-state index contributed by atoms with van der Waals surface area (Å²) in [5, 5.41) is 3.31. The van der Waals surface area contributed by atoms with Gasteiger partial charge in [0.05, 0.1) is 0 Å². The van der Waals surface area contributed by atoms with Crippen molar-refractivity contribution in [1.82, 2.24) is 0 Å². The molecule has 0 aromatic carbocycles. The van der Waals surface area contributed by atoms with E-state index in [0.29, 0.717) is 0 Å². The van der Waals surface area contributed by atoms with Gasteiger partial charge in [-0.2, -0.15) is 5.10 Å². The molecule has 0 aliphatic heterocycles. The lowest BCUT2D eigenvalue weighted by Gasteiger charge is -1.72. The quantitative estimate of drug-likeness (QED) is 0.292. The smallest absolute Gasteiger partial charge is 0.0465 e. The van der Waals surface area contributed by atoms with E-state index in [1.165, 1.54) is 6.21 Å². The van der Waals surface area contributed by atoms with Gasteiger partial charge in [-0.15, -0.1) is 0 Å². The summed E-state index contributed by atoms with van der Waals surface area (Å²) in [6.45, 7) is 1.98. The molecule has 0 heterocycles. The Morgan fingerprint density at radius 1 is 0.833 bits per heavy atom. The molecule has 0 fully saturated rings. The molecule has 0 aromatic rings. The maximum Gasteiger partial charge on any atom is 0.0465 e. The van der Waals surface area contributed by atoms with Gasteiger partial charge in [0.1, 0.15) is 0 Å². The molecule has 0 spiro atoms. The maximum absolute atomic E-state index is 4.88. The highest BCUT2D eigenvalue weighted by atomic mass is 15.1. The number of nitrogens with zero attached hydrogens (tertiary/aromatic N) is 1. The second-order valence-corrected chi connectivity index (χ2v) is 1.98. The van der Waals surface area contributed by atoms with Gasteiger partial charge >= 0.3 is 0 Å². The Balaban J connectivity index is 3.62. The molecular weight excluding hydrogens is 148 g/mol. The minimum absolute atomic E-state index is 1.53. The van der Waals surface area contributed by atoms with E-state index in [2.05, 4.69) is 5.10 Å². The third-order valence-electron chi connectivity index (χ3n) is 1.03. The van der Waals surface area contributed by atoms with E-state index in [9.17, 15) is 0 Å². The molecule has 0 rings (SSSR count). The number of rotatable bonds is 4. The van der Waals surface area contributed by atoms with Crippen LogP contribution in [-0.2, 0) is 0 Å². The first kappa shape index (κ1) is 10.4. The zero-order valence-corrected chi connectivity index (χ0v) is 7.22. The second-order valence-electron chi connectivity index (χ2n) is 1.98. The lowest BCUT2D eigenvalue weighted by molar-refractivity contribution is 1.27. The third kappa shape index (κ3) is 8.43.